The van der Waals surface area contributed by atoms with Gasteiger partial charge in [-0.3, -0.25) is 0 Å². The Bertz CT molecular complexity index is 437. The number of rotatable bonds is 24. The van der Waals surface area contributed by atoms with Crippen molar-refractivity contribution in [3.63, 3.8) is 0 Å². The molecular weight excluding hydrogens is 432 g/mol. The van der Waals surface area contributed by atoms with Gasteiger partial charge in [-0.15, -0.1) is 0 Å². The Labute approximate surface area is 206 Å². The summed E-state index contributed by atoms with van der Waals surface area (Å²) in [7, 11) is -3.03. The van der Waals surface area contributed by atoms with Gasteiger partial charge < -0.3 is 23.9 Å². The number of urea groups is 1. The highest BCUT2D eigenvalue weighted by atomic mass is 28.4. The second-order valence-corrected chi connectivity index (χ2v) is 11.7. The van der Waals surface area contributed by atoms with Crippen LogP contribution < -0.4 is 5.73 Å². The van der Waals surface area contributed by atoms with E-state index in [1.54, 1.807) is 4.90 Å². The lowest BCUT2D eigenvalue weighted by Gasteiger charge is -2.40. The molecular formula is C26H56N2O4Si. The summed E-state index contributed by atoms with van der Waals surface area (Å²) in [5, 5.41) is 0. The topological polar surface area (TPSA) is 74.0 Å². The lowest BCUT2D eigenvalue weighted by atomic mass is 10.0. The van der Waals surface area contributed by atoms with Crippen molar-refractivity contribution < 1.29 is 18.1 Å². The molecule has 0 aliphatic carbocycles. The lowest BCUT2D eigenvalue weighted by Crippen LogP contribution is -2.64. The second-order valence-electron chi connectivity index (χ2n) is 8.95. The Morgan fingerprint density at radius 1 is 0.667 bits per heavy atom. The van der Waals surface area contributed by atoms with Crippen LogP contribution in [0.1, 0.15) is 131 Å². The van der Waals surface area contributed by atoms with Gasteiger partial charge in [0.1, 0.15) is 5.67 Å². The van der Waals surface area contributed by atoms with E-state index in [2.05, 4.69) is 6.92 Å². The first-order valence-electron chi connectivity index (χ1n) is 14.0. The zero-order valence-corrected chi connectivity index (χ0v) is 23.7. The zero-order chi connectivity index (χ0) is 24.8. The molecule has 0 rings (SSSR count). The van der Waals surface area contributed by atoms with Crippen LogP contribution in [0.2, 0.25) is 0 Å². The fourth-order valence-electron chi connectivity index (χ4n) is 4.57. The molecule has 1 atom stereocenters. The van der Waals surface area contributed by atoms with Crippen molar-refractivity contribution in [3.8, 4) is 0 Å². The second kappa shape index (κ2) is 21.9. The molecule has 0 aromatic heterocycles. The summed E-state index contributed by atoms with van der Waals surface area (Å²) in [5.41, 5.74) is 5.56. The first-order valence-corrected chi connectivity index (χ1v) is 15.8. The van der Waals surface area contributed by atoms with Crippen LogP contribution in [-0.4, -0.2) is 51.8 Å². The van der Waals surface area contributed by atoms with E-state index in [-0.39, 0.29) is 5.67 Å². The van der Waals surface area contributed by atoms with E-state index >= 15 is 0 Å². The van der Waals surface area contributed by atoms with Crippen LogP contribution in [0.5, 0.6) is 0 Å². The van der Waals surface area contributed by atoms with Crippen molar-refractivity contribution in [2.45, 2.75) is 137 Å². The number of carbonyl (C=O) groups is 1. The summed E-state index contributed by atoms with van der Waals surface area (Å²) in [6.07, 6.45) is 19.1. The van der Waals surface area contributed by atoms with Crippen molar-refractivity contribution in [2.24, 2.45) is 5.73 Å². The molecule has 0 aliphatic rings. The maximum atomic E-state index is 12.3. The highest BCUT2D eigenvalue weighted by molar-refractivity contribution is 6.62. The van der Waals surface area contributed by atoms with E-state index in [4.69, 9.17) is 19.0 Å². The lowest BCUT2D eigenvalue weighted by molar-refractivity contribution is 0.0406. The number of amides is 2. The van der Waals surface area contributed by atoms with Gasteiger partial charge in [0.05, 0.1) is 0 Å². The monoisotopic (exact) mass is 488 g/mol. The van der Waals surface area contributed by atoms with Gasteiger partial charge in [-0.05, 0) is 33.6 Å². The molecule has 33 heavy (non-hydrogen) atoms. The van der Waals surface area contributed by atoms with Crippen molar-refractivity contribution in [1.82, 2.24) is 4.90 Å². The predicted molar refractivity (Wildman–Crippen MR) is 141 cm³/mol. The van der Waals surface area contributed by atoms with Crippen molar-refractivity contribution in [2.75, 3.05) is 26.4 Å². The Kier molecular flexibility index (Phi) is 21.5. The van der Waals surface area contributed by atoms with Crippen LogP contribution in [0.15, 0.2) is 0 Å². The van der Waals surface area contributed by atoms with E-state index < -0.39 is 14.8 Å². The minimum atomic E-state index is -3.03. The smallest absolute Gasteiger partial charge is 0.373 e. The van der Waals surface area contributed by atoms with Crippen LogP contribution >= 0.6 is 0 Å². The molecule has 2 amide bonds. The van der Waals surface area contributed by atoms with Crippen molar-refractivity contribution in [3.05, 3.63) is 0 Å². The first kappa shape index (κ1) is 32.4. The molecule has 0 heterocycles. The minimum Gasteiger partial charge on any atom is -0.373 e. The molecule has 0 aromatic carbocycles. The summed E-state index contributed by atoms with van der Waals surface area (Å²) in [4.78, 5) is 14.1. The van der Waals surface area contributed by atoms with E-state index in [0.717, 1.165) is 12.8 Å². The zero-order valence-electron chi connectivity index (χ0n) is 22.7. The van der Waals surface area contributed by atoms with Gasteiger partial charge in [0.25, 0.3) is 0 Å². The maximum absolute atomic E-state index is 12.3. The molecule has 0 aliphatic heterocycles. The average Bonchev–Trinajstić information content (AvgIpc) is 2.78. The first-order chi connectivity index (χ1) is 16.0. The van der Waals surface area contributed by atoms with Crippen LogP contribution in [0.3, 0.4) is 0 Å². The molecule has 0 bridgehead atoms. The summed E-state index contributed by atoms with van der Waals surface area (Å²) in [6.45, 7) is 12.3. The standard InChI is InChI=1S/C26H56N2O4Si/c1-6-11-12-13-14-15-16-17-18-19-20-21-22-23-24-28(26(27)29)25(7-2)33(30-8-3,31-9-4)32-10-5/h25H,6-24H2,1-5H3,(H2,27,29). The van der Waals surface area contributed by atoms with Crippen molar-refractivity contribution in [1.29, 1.82) is 0 Å². The van der Waals surface area contributed by atoms with Crippen LogP contribution in [-0.2, 0) is 13.3 Å². The highest BCUT2D eigenvalue weighted by Gasteiger charge is 2.52. The SMILES string of the molecule is CCCCCCCCCCCCCCCCN(C(N)=O)C(CC)[Si](OCC)(OCC)OCC. The van der Waals surface area contributed by atoms with Crippen LogP contribution in [0.4, 0.5) is 4.79 Å². The molecule has 1 unspecified atom stereocenters. The van der Waals surface area contributed by atoms with Gasteiger partial charge in [-0.1, -0.05) is 97.3 Å². The number of carbonyl (C=O) groups excluding carboxylic acids is 1. The molecule has 0 aromatic rings. The number of hydrogen-bond donors (Lipinski definition) is 1. The molecule has 0 radical (unpaired) electrons. The van der Waals surface area contributed by atoms with E-state index in [0.29, 0.717) is 32.8 Å². The number of nitrogens with two attached hydrogens (primary N) is 1. The fraction of sp³-hybridized carbons (Fsp3) is 0.962. The van der Waals surface area contributed by atoms with Gasteiger partial charge in [-0.2, -0.15) is 0 Å². The molecule has 6 nitrogen and oxygen atoms in total. The molecule has 0 fully saturated rings. The molecule has 2 N–H and O–H groups in total. The average molecular weight is 489 g/mol. The van der Waals surface area contributed by atoms with E-state index in [1.165, 1.54) is 77.0 Å². The maximum Gasteiger partial charge on any atom is 0.524 e. The minimum absolute atomic E-state index is 0.239. The summed E-state index contributed by atoms with van der Waals surface area (Å²) in [5.74, 6) is 0. The third kappa shape index (κ3) is 14.4. The number of hydrogen-bond acceptors (Lipinski definition) is 4. The fourth-order valence-corrected chi connectivity index (χ4v) is 7.75. The molecule has 0 saturated carbocycles. The molecule has 0 spiro atoms. The Morgan fingerprint density at radius 3 is 1.33 bits per heavy atom. The third-order valence-corrected chi connectivity index (χ3v) is 9.85. The predicted octanol–water partition coefficient (Wildman–Crippen LogP) is 7.21. The van der Waals surface area contributed by atoms with Gasteiger partial charge in [0.2, 0.25) is 0 Å². The van der Waals surface area contributed by atoms with Gasteiger partial charge >= 0.3 is 14.8 Å². The molecule has 0 saturated heterocycles. The van der Waals surface area contributed by atoms with E-state index in [9.17, 15) is 4.79 Å². The highest BCUT2D eigenvalue weighted by Crippen LogP contribution is 2.24. The largest absolute Gasteiger partial charge is 0.524 e. The molecule has 7 heteroatoms. The number of nitrogens with zero attached hydrogens (tertiary/aromatic N) is 1. The van der Waals surface area contributed by atoms with Crippen LogP contribution in [0.25, 0.3) is 0 Å². The number of unbranched alkanes of at least 4 members (excludes halogenated alkanes) is 13. The van der Waals surface area contributed by atoms with E-state index in [1.807, 2.05) is 27.7 Å². The Balaban J connectivity index is 4.29. The quantitative estimate of drug-likeness (QED) is 0.115. The Hall–Kier alpha value is -0.633. The van der Waals surface area contributed by atoms with Gasteiger partial charge in [0.15, 0.2) is 0 Å². The Morgan fingerprint density at radius 2 is 1.03 bits per heavy atom. The van der Waals surface area contributed by atoms with Crippen molar-refractivity contribution >= 4 is 14.8 Å². The van der Waals surface area contributed by atoms with Crippen LogP contribution in [0, 0.1) is 0 Å². The summed E-state index contributed by atoms with van der Waals surface area (Å²) in [6, 6.07) is -0.410. The molecule has 198 valence electrons. The third-order valence-electron chi connectivity index (χ3n) is 6.24. The van der Waals surface area contributed by atoms with Gasteiger partial charge in [0, 0.05) is 26.4 Å². The normalized spacial score (nSPS) is 12.8. The summed E-state index contributed by atoms with van der Waals surface area (Å²) < 4.78 is 18.2. The number of primary amides is 1. The van der Waals surface area contributed by atoms with Gasteiger partial charge in [-0.25, -0.2) is 4.79 Å². The summed E-state index contributed by atoms with van der Waals surface area (Å²) >= 11 is 0.